The van der Waals surface area contributed by atoms with Crippen LogP contribution < -0.4 is 15.5 Å². The summed E-state index contributed by atoms with van der Waals surface area (Å²) in [6, 6.07) is 6.17. The first-order valence-corrected chi connectivity index (χ1v) is 6.96. The molecule has 0 amide bonds. The molecule has 0 aliphatic carbocycles. The number of nitrogens with one attached hydrogen (secondary N) is 2. The second kappa shape index (κ2) is 6.30. The molecule has 0 spiro atoms. The number of anilines is 2. The van der Waals surface area contributed by atoms with Gasteiger partial charge in [0.1, 0.15) is 0 Å². The Morgan fingerprint density at radius 3 is 2.67 bits per heavy atom. The molecule has 18 heavy (non-hydrogen) atoms. The van der Waals surface area contributed by atoms with E-state index in [2.05, 4.69) is 22.8 Å². The van der Waals surface area contributed by atoms with E-state index in [1.54, 1.807) is 0 Å². The first-order chi connectivity index (χ1) is 8.66. The lowest BCUT2D eigenvalue weighted by Gasteiger charge is -2.23. The maximum atomic E-state index is 6.25. The van der Waals surface area contributed by atoms with Gasteiger partial charge in [-0.1, -0.05) is 11.6 Å². The van der Waals surface area contributed by atoms with E-state index >= 15 is 0 Å². The van der Waals surface area contributed by atoms with Crippen LogP contribution >= 0.6 is 11.6 Å². The van der Waals surface area contributed by atoms with Crippen molar-refractivity contribution in [2.75, 3.05) is 43.9 Å². The number of piperidine rings is 1. The van der Waals surface area contributed by atoms with Gasteiger partial charge < -0.3 is 15.5 Å². The monoisotopic (exact) mass is 267 g/mol. The van der Waals surface area contributed by atoms with Crippen molar-refractivity contribution in [1.82, 2.24) is 5.32 Å². The van der Waals surface area contributed by atoms with Crippen LogP contribution in [0.15, 0.2) is 18.2 Å². The Balaban J connectivity index is 1.91. The third kappa shape index (κ3) is 3.53. The van der Waals surface area contributed by atoms with Gasteiger partial charge >= 0.3 is 0 Å². The molecule has 4 heteroatoms. The minimum atomic E-state index is 0.776. The van der Waals surface area contributed by atoms with Crippen LogP contribution in [0.4, 0.5) is 11.4 Å². The van der Waals surface area contributed by atoms with Gasteiger partial charge in [0, 0.05) is 26.3 Å². The molecular formula is C14H22ClN3. The van der Waals surface area contributed by atoms with E-state index in [1.165, 1.54) is 12.8 Å². The van der Waals surface area contributed by atoms with Crippen molar-refractivity contribution in [3.8, 4) is 0 Å². The van der Waals surface area contributed by atoms with Crippen molar-refractivity contribution in [3.63, 3.8) is 0 Å². The minimum Gasteiger partial charge on any atom is -0.385 e. The van der Waals surface area contributed by atoms with Crippen LogP contribution in [0.1, 0.15) is 12.8 Å². The van der Waals surface area contributed by atoms with E-state index in [4.69, 9.17) is 11.6 Å². The molecule has 1 aromatic rings. The third-order valence-corrected chi connectivity index (χ3v) is 3.79. The van der Waals surface area contributed by atoms with E-state index in [9.17, 15) is 0 Å². The molecule has 1 aromatic carbocycles. The van der Waals surface area contributed by atoms with Gasteiger partial charge in [-0.25, -0.2) is 0 Å². The maximum absolute atomic E-state index is 6.25. The van der Waals surface area contributed by atoms with Crippen LogP contribution in [0.2, 0.25) is 5.02 Å². The van der Waals surface area contributed by atoms with Gasteiger partial charge in [0.2, 0.25) is 0 Å². The average Bonchev–Trinajstić information content (AvgIpc) is 2.37. The Hall–Kier alpha value is -0.930. The van der Waals surface area contributed by atoms with Crippen molar-refractivity contribution >= 4 is 23.0 Å². The summed E-state index contributed by atoms with van der Waals surface area (Å²) in [5, 5.41) is 7.68. The Morgan fingerprint density at radius 2 is 2.06 bits per heavy atom. The molecule has 100 valence electrons. The van der Waals surface area contributed by atoms with Crippen LogP contribution in [0.25, 0.3) is 0 Å². The topological polar surface area (TPSA) is 27.3 Å². The van der Waals surface area contributed by atoms with Gasteiger partial charge in [0.25, 0.3) is 0 Å². The summed E-state index contributed by atoms with van der Waals surface area (Å²) in [6.07, 6.45) is 2.52. The SMILES string of the molecule is CN(C)c1ccc(NCC2CCNCC2)cc1Cl. The highest BCUT2D eigenvalue weighted by molar-refractivity contribution is 6.33. The minimum absolute atomic E-state index is 0.776. The standard InChI is InChI=1S/C14H22ClN3/c1-18(2)14-4-3-12(9-13(14)15)17-10-11-5-7-16-8-6-11/h3-4,9,11,16-17H,5-8,10H2,1-2H3. The van der Waals surface area contributed by atoms with Crippen LogP contribution in [0, 0.1) is 5.92 Å². The lowest BCUT2D eigenvalue weighted by Crippen LogP contribution is -2.31. The van der Waals surface area contributed by atoms with Gasteiger partial charge in [-0.3, -0.25) is 0 Å². The van der Waals surface area contributed by atoms with Gasteiger partial charge in [-0.2, -0.15) is 0 Å². The van der Waals surface area contributed by atoms with Gasteiger partial charge in [0.05, 0.1) is 10.7 Å². The number of rotatable bonds is 4. The molecule has 0 bridgehead atoms. The second-order valence-electron chi connectivity index (χ2n) is 5.13. The Kier molecular flexibility index (Phi) is 4.72. The molecule has 1 aliphatic rings. The highest BCUT2D eigenvalue weighted by Crippen LogP contribution is 2.27. The fourth-order valence-corrected chi connectivity index (χ4v) is 2.68. The largest absolute Gasteiger partial charge is 0.385 e. The maximum Gasteiger partial charge on any atom is 0.0659 e. The summed E-state index contributed by atoms with van der Waals surface area (Å²) in [6.45, 7) is 3.33. The smallest absolute Gasteiger partial charge is 0.0659 e. The van der Waals surface area contributed by atoms with Crippen molar-refractivity contribution < 1.29 is 0 Å². The van der Waals surface area contributed by atoms with Crippen molar-refractivity contribution in [3.05, 3.63) is 23.2 Å². The van der Waals surface area contributed by atoms with Crippen LogP contribution in [-0.4, -0.2) is 33.7 Å². The predicted octanol–water partition coefficient (Wildman–Crippen LogP) is 2.82. The molecule has 1 aliphatic heterocycles. The number of benzene rings is 1. The van der Waals surface area contributed by atoms with Crippen molar-refractivity contribution in [2.45, 2.75) is 12.8 Å². The quantitative estimate of drug-likeness (QED) is 0.879. The first-order valence-electron chi connectivity index (χ1n) is 6.58. The summed E-state index contributed by atoms with van der Waals surface area (Å²) in [5.41, 5.74) is 2.17. The van der Waals surface area contributed by atoms with Gasteiger partial charge in [-0.15, -0.1) is 0 Å². The van der Waals surface area contributed by atoms with E-state index < -0.39 is 0 Å². The highest BCUT2D eigenvalue weighted by Gasteiger charge is 2.12. The fourth-order valence-electron chi connectivity index (χ4n) is 2.33. The molecule has 1 saturated heterocycles. The number of nitrogens with zero attached hydrogens (tertiary/aromatic N) is 1. The summed E-state index contributed by atoms with van der Waals surface area (Å²) >= 11 is 6.25. The molecule has 2 rings (SSSR count). The molecule has 3 nitrogen and oxygen atoms in total. The summed E-state index contributed by atoms with van der Waals surface area (Å²) in [5.74, 6) is 0.776. The first kappa shape index (κ1) is 13.5. The Morgan fingerprint density at radius 1 is 1.33 bits per heavy atom. The highest BCUT2D eigenvalue weighted by atomic mass is 35.5. The molecule has 2 N–H and O–H groups in total. The number of hydrogen-bond donors (Lipinski definition) is 2. The molecule has 0 atom stereocenters. The zero-order valence-corrected chi connectivity index (χ0v) is 11.9. The van der Waals surface area contributed by atoms with E-state index in [0.29, 0.717) is 0 Å². The lowest BCUT2D eigenvalue weighted by atomic mass is 9.98. The molecule has 1 heterocycles. The number of hydrogen-bond acceptors (Lipinski definition) is 3. The van der Waals surface area contributed by atoms with E-state index in [1.807, 2.05) is 25.1 Å². The summed E-state index contributed by atoms with van der Waals surface area (Å²) < 4.78 is 0. The number of halogens is 1. The molecule has 0 unspecified atom stereocenters. The van der Waals surface area contributed by atoms with Gasteiger partial charge in [-0.05, 0) is 50.0 Å². The molecular weight excluding hydrogens is 246 g/mol. The fraction of sp³-hybridized carbons (Fsp3) is 0.571. The van der Waals surface area contributed by atoms with Crippen LogP contribution in [-0.2, 0) is 0 Å². The van der Waals surface area contributed by atoms with Crippen molar-refractivity contribution in [1.29, 1.82) is 0 Å². The average molecular weight is 268 g/mol. The van der Waals surface area contributed by atoms with Crippen LogP contribution in [0.5, 0.6) is 0 Å². The molecule has 1 fully saturated rings. The van der Waals surface area contributed by atoms with E-state index in [-0.39, 0.29) is 0 Å². The predicted molar refractivity (Wildman–Crippen MR) is 79.9 cm³/mol. The van der Waals surface area contributed by atoms with E-state index in [0.717, 1.165) is 41.9 Å². The zero-order chi connectivity index (χ0) is 13.0. The summed E-state index contributed by atoms with van der Waals surface area (Å²) in [4.78, 5) is 2.03. The Labute approximate surface area is 115 Å². The molecule has 0 radical (unpaired) electrons. The van der Waals surface area contributed by atoms with Crippen molar-refractivity contribution in [2.24, 2.45) is 5.92 Å². The lowest BCUT2D eigenvalue weighted by molar-refractivity contribution is 0.390. The second-order valence-corrected chi connectivity index (χ2v) is 5.54. The zero-order valence-electron chi connectivity index (χ0n) is 11.2. The summed E-state index contributed by atoms with van der Waals surface area (Å²) in [7, 11) is 4.01. The third-order valence-electron chi connectivity index (χ3n) is 3.48. The Bertz CT molecular complexity index is 387. The normalized spacial score (nSPS) is 16.6. The van der Waals surface area contributed by atoms with Gasteiger partial charge in [0.15, 0.2) is 0 Å². The molecule has 0 aromatic heterocycles. The van der Waals surface area contributed by atoms with Crippen LogP contribution in [0.3, 0.4) is 0 Å². The molecule has 0 saturated carbocycles.